The second-order valence-corrected chi connectivity index (χ2v) is 8.31. The van der Waals surface area contributed by atoms with Crippen molar-refractivity contribution in [3.8, 4) is 11.1 Å². The number of carboxylic acid groups (broad SMARTS) is 1. The van der Waals surface area contributed by atoms with Crippen molar-refractivity contribution in [3.05, 3.63) is 90.0 Å². The van der Waals surface area contributed by atoms with Gasteiger partial charge in [0.05, 0.1) is 4.90 Å². The Bertz CT molecular complexity index is 1040. The molecule has 1 unspecified atom stereocenters. The lowest BCUT2D eigenvalue weighted by Crippen LogP contribution is -2.42. The minimum Gasteiger partial charge on any atom is -0.480 e. The second kappa shape index (κ2) is 8.37. The first-order chi connectivity index (χ1) is 13.3. The molecule has 5 nitrogen and oxygen atoms in total. The molecule has 28 heavy (non-hydrogen) atoms. The van der Waals surface area contributed by atoms with Crippen LogP contribution in [0.1, 0.15) is 11.1 Å². The van der Waals surface area contributed by atoms with Gasteiger partial charge in [0.1, 0.15) is 6.04 Å². The van der Waals surface area contributed by atoms with Gasteiger partial charge < -0.3 is 5.11 Å². The van der Waals surface area contributed by atoms with E-state index in [4.69, 9.17) is 0 Å². The van der Waals surface area contributed by atoms with E-state index in [-0.39, 0.29) is 11.3 Å². The first kappa shape index (κ1) is 19.8. The molecule has 3 aromatic carbocycles. The summed E-state index contributed by atoms with van der Waals surface area (Å²) in [5, 5.41) is 9.43. The molecule has 6 heteroatoms. The number of aryl methyl sites for hydroxylation is 1. The highest BCUT2D eigenvalue weighted by atomic mass is 32.2. The summed E-state index contributed by atoms with van der Waals surface area (Å²) in [6.45, 7) is 2.00. The van der Waals surface area contributed by atoms with Crippen molar-refractivity contribution >= 4 is 16.0 Å². The standard InChI is InChI=1S/C22H21NO4S/c1-16-7-9-18(10-8-16)19-11-13-20(14-12-19)28(26,27)23-21(22(24)25)15-17-5-3-2-4-6-17/h2-14,21,23H,15H2,1H3,(H,24,25). The summed E-state index contributed by atoms with van der Waals surface area (Å²) in [5.41, 5.74) is 3.76. The molecule has 144 valence electrons. The van der Waals surface area contributed by atoms with E-state index in [9.17, 15) is 18.3 Å². The van der Waals surface area contributed by atoms with Gasteiger partial charge >= 0.3 is 5.97 Å². The zero-order valence-electron chi connectivity index (χ0n) is 15.4. The molecule has 0 saturated carbocycles. The molecular weight excluding hydrogens is 374 g/mol. The maximum atomic E-state index is 12.7. The molecule has 3 rings (SSSR count). The lowest BCUT2D eigenvalue weighted by atomic mass is 10.0. The van der Waals surface area contributed by atoms with Crippen molar-refractivity contribution < 1.29 is 18.3 Å². The normalized spacial score (nSPS) is 12.5. The van der Waals surface area contributed by atoms with E-state index in [0.29, 0.717) is 0 Å². The van der Waals surface area contributed by atoms with Crippen molar-refractivity contribution in [2.24, 2.45) is 0 Å². The summed E-state index contributed by atoms with van der Waals surface area (Å²) in [6.07, 6.45) is 0.0663. The Morgan fingerprint density at radius 3 is 1.96 bits per heavy atom. The largest absolute Gasteiger partial charge is 0.480 e. The summed E-state index contributed by atoms with van der Waals surface area (Å²) < 4.78 is 27.6. The van der Waals surface area contributed by atoms with Gasteiger partial charge in [0.15, 0.2) is 0 Å². The minimum atomic E-state index is -3.96. The third-order valence-electron chi connectivity index (χ3n) is 4.43. The molecule has 0 aliphatic heterocycles. The smallest absolute Gasteiger partial charge is 0.322 e. The van der Waals surface area contributed by atoms with Gasteiger partial charge in [0, 0.05) is 0 Å². The average molecular weight is 395 g/mol. The molecule has 0 heterocycles. The van der Waals surface area contributed by atoms with Crippen LogP contribution in [0.3, 0.4) is 0 Å². The van der Waals surface area contributed by atoms with Crippen molar-refractivity contribution in [1.82, 2.24) is 4.72 Å². The minimum absolute atomic E-state index is 0.0303. The fourth-order valence-electron chi connectivity index (χ4n) is 2.86. The van der Waals surface area contributed by atoms with E-state index in [0.717, 1.165) is 22.3 Å². The Balaban J connectivity index is 1.79. The highest BCUT2D eigenvalue weighted by molar-refractivity contribution is 7.89. The molecule has 1 atom stereocenters. The summed E-state index contributed by atoms with van der Waals surface area (Å²) in [5.74, 6) is -1.22. The summed E-state index contributed by atoms with van der Waals surface area (Å²) in [6, 6.07) is 22.0. The topological polar surface area (TPSA) is 83.5 Å². The Hall–Kier alpha value is -2.96. The van der Waals surface area contributed by atoms with Crippen LogP contribution < -0.4 is 4.72 Å². The van der Waals surface area contributed by atoms with Gasteiger partial charge in [-0.1, -0.05) is 72.3 Å². The summed E-state index contributed by atoms with van der Waals surface area (Å²) in [7, 11) is -3.96. The lowest BCUT2D eigenvalue weighted by Gasteiger charge is -2.15. The molecule has 0 aromatic heterocycles. The number of sulfonamides is 1. The first-order valence-electron chi connectivity index (χ1n) is 8.81. The van der Waals surface area contributed by atoms with E-state index in [2.05, 4.69) is 4.72 Å². The van der Waals surface area contributed by atoms with Gasteiger partial charge in [-0.05, 0) is 42.2 Å². The third-order valence-corrected chi connectivity index (χ3v) is 5.92. The predicted molar refractivity (Wildman–Crippen MR) is 109 cm³/mol. The maximum absolute atomic E-state index is 12.7. The molecule has 0 aliphatic carbocycles. The van der Waals surface area contributed by atoms with Crippen molar-refractivity contribution in [3.63, 3.8) is 0 Å². The summed E-state index contributed by atoms with van der Waals surface area (Å²) >= 11 is 0. The molecule has 0 radical (unpaired) electrons. The highest BCUT2D eigenvalue weighted by Crippen LogP contribution is 2.22. The quantitative estimate of drug-likeness (QED) is 0.640. The van der Waals surface area contributed by atoms with Crippen LogP contribution in [0.4, 0.5) is 0 Å². The number of carbonyl (C=O) groups is 1. The molecule has 0 spiro atoms. The Morgan fingerprint density at radius 2 is 1.43 bits per heavy atom. The van der Waals surface area contributed by atoms with Crippen LogP contribution in [-0.4, -0.2) is 25.5 Å². The van der Waals surface area contributed by atoms with Crippen LogP contribution in [0.15, 0.2) is 83.8 Å². The third kappa shape index (κ3) is 4.85. The maximum Gasteiger partial charge on any atom is 0.322 e. The van der Waals surface area contributed by atoms with Gasteiger partial charge in [-0.2, -0.15) is 4.72 Å². The number of carboxylic acids is 1. The second-order valence-electron chi connectivity index (χ2n) is 6.59. The van der Waals surface area contributed by atoms with E-state index in [1.54, 1.807) is 36.4 Å². The van der Waals surface area contributed by atoms with Crippen molar-refractivity contribution in [1.29, 1.82) is 0 Å². The van der Waals surface area contributed by atoms with Gasteiger partial charge in [0.2, 0.25) is 10.0 Å². The molecule has 3 aromatic rings. The number of benzene rings is 3. The number of hydrogen-bond acceptors (Lipinski definition) is 3. The van der Waals surface area contributed by atoms with Crippen molar-refractivity contribution in [2.75, 3.05) is 0 Å². The fourth-order valence-corrected chi connectivity index (χ4v) is 4.05. The zero-order chi connectivity index (χ0) is 20.1. The molecule has 0 fully saturated rings. The molecule has 2 N–H and O–H groups in total. The number of rotatable bonds is 7. The average Bonchev–Trinajstić information content (AvgIpc) is 2.69. The van der Waals surface area contributed by atoms with Crippen LogP contribution in [0.5, 0.6) is 0 Å². The first-order valence-corrected chi connectivity index (χ1v) is 10.3. The molecule has 0 saturated heterocycles. The van der Waals surface area contributed by atoms with Crippen molar-refractivity contribution in [2.45, 2.75) is 24.3 Å². The lowest BCUT2D eigenvalue weighted by molar-refractivity contribution is -0.138. The van der Waals surface area contributed by atoms with E-state index in [1.807, 2.05) is 37.3 Å². The SMILES string of the molecule is Cc1ccc(-c2ccc(S(=O)(=O)NC(Cc3ccccc3)C(=O)O)cc2)cc1. The Kier molecular flexibility index (Phi) is 5.92. The Labute approximate surface area is 164 Å². The van der Waals surface area contributed by atoms with E-state index < -0.39 is 22.0 Å². The number of hydrogen-bond donors (Lipinski definition) is 2. The zero-order valence-corrected chi connectivity index (χ0v) is 16.2. The fraction of sp³-hybridized carbons (Fsp3) is 0.136. The van der Waals surface area contributed by atoms with Gasteiger partial charge in [-0.15, -0.1) is 0 Å². The summed E-state index contributed by atoms with van der Waals surface area (Å²) in [4.78, 5) is 11.6. The van der Waals surface area contributed by atoms with Gasteiger partial charge in [-0.3, -0.25) is 4.79 Å². The monoisotopic (exact) mass is 395 g/mol. The van der Waals surface area contributed by atoms with Gasteiger partial charge in [-0.25, -0.2) is 8.42 Å². The van der Waals surface area contributed by atoms with E-state index >= 15 is 0 Å². The van der Waals surface area contributed by atoms with Gasteiger partial charge in [0.25, 0.3) is 0 Å². The number of aliphatic carboxylic acids is 1. The molecule has 0 aliphatic rings. The van der Waals surface area contributed by atoms with Crippen LogP contribution in [0.2, 0.25) is 0 Å². The number of nitrogens with one attached hydrogen (secondary N) is 1. The van der Waals surface area contributed by atoms with Crippen LogP contribution in [0.25, 0.3) is 11.1 Å². The Morgan fingerprint density at radius 1 is 0.893 bits per heavy atom. The van der Waals surface area contributed by atoms with Crippen LogP contribution in [-0.2, 0) is 21.2 Å². The molecule has 0 amide bonds. The van der Waals surface area contributed by atoms with Crippen LogP contribution in [0, 0.1) is 6.92 Å². The molecular formula is C22H21NO4S. The highest BCUT2D eigenvalue weighted by Gasteiger charge is 2.25. The predicted octanol–water partition coefficient (Wildman–Crippen LogP) is 3.64. The van der Waals surface area contributed by atoms with Crippen LogP contribution >= 0.6 is 0 Å². The molecule has 0 bridgehead atoms. The van der Waals surface area contributed by atoms with E-state index in [1.165, 1.54) is 12.1 Å².